The number of nitriles is 1. The van der Waals surface area contributed by atoms with Crippen molar-refractivity contribution in [2.45, 2.75) is 6.54 Å². The predicted molar refractivity (Wildman–Crippen MR) is 45.2 cm³/mol. The lowest BCUT2D eigenvalue weighted by Gasteiger charge is -2.15. The van der Waals surface area contributed by atoms with Gasteiger partial charge in [-0.2, -0.15) is 15.4 Å². The first-order chi connectivity index (χ1) is 5.90. The summed E-state index contributed by atoms with van der Waals surface area (Å²) < 4.78 is 0. The second-order valence-corrected chi connectivity index (χ2v) is 2.60. The summed E-state index contributed by atoms with van der Waals surface area (Å²) in [6.45, 7) is 0.586. The fourth-order valence-electron chi connectivity index (χ4n) is 1.20. The smallest absolute Gasteiger partial charge is 0.196 e. The molecule has 0 amide bonds. The molecule has 0 N–H and O–H groups in total. The van der Waals surface area contributed by atoms with E-state index < -0.39 is 0 Å². The summed E-state index contributed by atoms with van der Waals surface area (Å²) in [6.07, 6.45) is 3.69. The van der Waals surface area contributed by atoms with Gasteiger partial charge in [0.05, 0.1) is 12.8 Å². The standard InChI is InChI=1S/C9H7N3/c10-7-12-6-9-4-2-1-3-8(9)5-11-12/h1-5H,6H2. The third-order valence-corrected chi connectivity index (χ3v) is 1.83. The number of benzene rings is 1. The lowest BCUT2D eigenvalue weighted by molar-refractivity contribution is 0.405. The van der Waals surface area contributed by atoms with Gasteiger partial charge >= 0.3 is 0 Å². The first kappa shape index (κ1) is 6.86. The van der Waals surface area contributed by atoms with Crippen molar-refractivity contribution in [3.63, 3.8) is 0 Å². The largest absolute Gasteiger partial charge is 0.202 e. The van der Waals surface area contributed by atoms with Gasteiger partial charge in [-0.15, -0.1) is 0 Å². The van der Waals surface area contributed by atoms with E-state index >= 15 is 0 Å². The topological polar surface area (TPSA) is 39.4 Å². The second kappa shape index (κ2) is 2.67. The predicted octanol–water partition coefficient (Wildman–Crippen LogP) is 1.32. The summed E-state index contributed by atoms with van der Waals surface area (Å²) in [6, 6.07) is 7.93. The van der Waals surface area contributed by atoms with E-state index in [9.17, 15) is 0 Å². The van der Waals surface area contributed by atoms with Crippen LogP contribution in [0, 0.1) is 11.5 Å². The summed E-state index contributed by atoms with van der Waals surface area (Å²) in [4.78, 5) is 0. The van der Waals surface area contributed by atoms with Crippen molar-refractivity contribution in [2.75, 3.05) is 0 Å². The highest BCUT2D eigenvalue weighted by Gasteiger charge is 2.09. The van der Waals surface area contributed by atoms with Crippen LogP contribution < -0.4 is 0 Å². The average molecular weight is 157 g/mol. The first-order valence-corrected chi connectivity index (χ1v) is 3.69. The Morgan fingerprint density at radius 1 is 1.42 bits per heavy atom. The minimum absolute atomic E-state index is 0.586. The molecule has 0 unspecified atom stereocenters. The minimum Gasteiger partial charge on any atom is -0.196 e. The highest BCUT2D eigenvalue weighted by Crippen LogP contribution is 2.13. The van der Waals surface area contributed by atoms with Crippen LogP contribution in [-0.2, 0) is 6.54 Å². The van der Waals surface area contributed by atoms with Crippen molar-refractivity contribution >= 4 is 6.21 Å². The second-order valence-electron chi connectivity index (χ2n) is 2.60. The SMILES string of the molecule is N#CN1Cc2ccccc2C=N1. The van der Waals surface area contributed by atoms with Gasteiger partial charge in [0.1, 0.15) is 0 Å². The van der Waals surface area contributed by atoms with Gasteiger partial charge in [0.25, 0.3) is 0 Å². The third kappa shape index (κ3) is 1.04. The van der Waals surface area contributed by atoms with Crippen LogP contribution in [0.1, 0.15) is 11.1 Å². The Labute approximate surface area is 70.5 Å². The molecule has 0 spiro atoms. The normalized spacial score (nSPS) is 13.8. The van der Waals surface area contributed by atoms with Crippen molar-refractivity contribution in [1.82, 2.24) is 5.01 Å². The van der Waals surface area contributed by atoms with Crippen molar-refractivity contribution in [3.05, 3.63) is 35.4 Å². The number of hydrogen-bond donors (Lipinski definition) is 0. The van der Waals surface area contributed by atoms with Gasteiger partial charge in [-0.3, -0.25) is 0 Å². The maximum absolute atomic E-state index is 8.58. The van der Waals surface area contributed by atoms with Gasteiger partial charge in [0.15, 0.2) is 0 Å². The van der Waals surface area contributed by atoms with E-state index in [4.69, 9.17) is 5.26 Å². The molecule has 0 bridgehead atoms. The van der Waals surface area contributed by atoms with E-state index in [2.05, 4.69) is 5.10 Å². The van der Waals surface area contributed by atoms with E-state index in [0.717, 1.165) is 11.1 Å². The molecule has 0 saturated carbocycles. The van der Waals surface area contributed by atoms with Crippen molar-refractivity contribution < 1.29 is 0 Å². The Kier molecular flexibility index (Phi) is 1.52. The van der Waals surface area contributed by atoms with Crippen molar-refractivity contribution in [3.8, 4) is 6.19 Å². The summed E-state index contributed by atoms with van der Waals surface area (Å²) in [5.74, 6) is 0. The summed E-state index contributed by atoms with van der Waals surface area (Å²) >= 11 is 0. The van der Waals surface area contributed by atoms with E-state index in [-0.39, 0.29) is 0 Å². The van der Waals surface area contributed by atoms with E-state index in [1.165, 1.54) is 5.01 Å². The molecule has 1 aromatic carbocycles. The van der Waals surface area contributed by atoms with Gasteiger partial charge < -0.3 is 0 Å². The first-order valence-electron chi connectivity index (χ1n) is 3.69. The van der Waals surface area contributed by atoms with E-state index in [1.54, 1.807) is 6.21 Å². The van der Waals surface area contributed by atoms with Crippen LogP contribution in [0.4, 0.5) is 0 Å². The molecule has 0 radical (unpaired) electrons. The van der Waals surface area contributed by atoms with Crippen LogP contribution in [-0.4, -0.2) is 11.2 Å². The lowest BCUT2D eigenvalue weighted by atomic mass is 10.1. The third-order valence-electron chi connectivity index (χ3n) is 1.83. The molecule has 0 saturated heterocycles. The molecule has 0 aliphatic carbocycles. The highest BCUT2D eigenvalue weighted by atomic mass is 15.4. The zero-order chi connectivity index (χ0) is 8.39. The van der Waals surface area contributed by atoms with Crippen LogP contribution in [0.25, 0.3) is 0 Å². The van der Waals surface area contributed by atoms with Gasteiger partial charge in [0, 0.05) is 0 Å². The molecule has 0 aromatic heterocycles. The van der Waals surface area contributed by atoms with Gasteiger partial charge in [0.2, 0.25) is 6.19 Å². The minimum atomic E-state index is 0.586. The molecule has 1 heterocycles. The highest BCUT2D eigenvalue weighted by molar-refractivity contribution is 5.82. The molecular weight excluding hydrogens is 150 g/mol. The fraction of sp³-hybridized carbons (Fsp3) is 0.111. The van der Waals surface area contributed by atoms with E-state index in [0.29, 0.717) is 6.54 Å². The Morgan fingerprint density at radius 3 is 3.08 bits per heavy atom. The maximum atomic E-state index is 8.58. The van der Waals surface area contributed by atoms with Crippen molar-refractivity contribution in [2.24, 2.45) is 5.10 Å². The number of nitrogens with zero attached hydrogens (tertiary/aromatic N) is 3. The molecule has 0 atom stereocenters. The van der Waals surface area contributed by atoms with E-state index in [1.807, 2.05) is 30.5 Å². The average Bonchev–Trinajstić information content (AvgIpc) is 2.17. The van der Waals surface area contributed by atoms with Gasteiger partial charge in [-0.25, -0.2) is 0 Å². The monoisotopic (exact) mass is 157 g/mol. The molecular formula is C9H7N3. The maximum Gasteiger partial charge on any atom is 0.202 e. The van der Waals surface area contributed by atoms with Crippen LogP contribution in [0.2, 0.25) is 0 Å². The van der Waals surface area contributed by atoms with Crippen LogP contribution >= 0.6 is 0 Å². The lowest BCUT2D eigenvalue weighted by Crippen LogP contribution is -2.16. The van der Waals surface area contributed by atoms with Crippen LogP contribution in [0.15, 0.2) is 29.4 Å². The zero-order valence-electron chi connectivity index (χ0n) is 6.44. The molecule has 12 heavy (non-hydrogen) atoms. The molecule has 3 heteroatoms. The Morgan fingerprint density at radius 2 is 2.25 bits per heavy atom. The number of hydrazone groups is 1. The summed E-state index contributed by atoms with van der Waals surface area (Å²) in [5.41, 5.74) is 2.25. The molecule has 3 nitrogen and oxygen atoms in total. The summed E-state index contributed by atoms with van der Waals surface area (Å²) in [5, 5.41) is 13.9. The Bertz CT molecular complexity index is 362. The molecule has 2 rings (SSSR count). The molecule has 1 aliphatic rings. The van der Waals surface area contributed by atoms with Gasteiger partial charge in [-0.1, -0.05) is 24.3 Å². The molecule has 1 aromatic rings. The quantitative estimate of drug-likeness (QED) is 0.533. The number of fused-ring (bicyclic) bond motifs is 1. The summed E-state index contributed by atoms with van der Waals surface area (Å²) in [7, 11) is 0. The van der Waals surface area contributed by atoms with Crippen LogP contribution in [0.3, 0.4) is 0 Å². The Balaban J connectivity index is 2.41. The number of hydrogen-bond acceptors (Lipinski definition) is 3. The fourth-order valence-corrected chi connectivity index (χ4v) is 1.20. The van der Waals surface area contributed by atoms with Crippen LogP contribution in [0.5, 0.6) is 0 Å². The van der Waals surface area contributed by atoms with Gasteiger partial charge in [-0.05, 0) is 11.1 Å². The molecule has 0 fully saturated rings. The zero-order valence-corrected chi connectivity index (χ0v) is 6.44. The van der Waals surface area contributed by atoms with Crippen molar-refractivity contribution in [1.29, 1.82) is 5.26 Å². The molecule has 1 aliphatic heterocycles. The molecule has 58 valence electrons. The number of rotatable bonds is 0. The Hall–Kier alpha value is -1.82.